The van der Waals surface area contributed by atoms with E-state index < -0.39 is 0 Å². The normalized spacial score (nSPS) is 11.1. The zero-order chi connectivity index (χ0) is 23.1. The van der Waals surface area contributed by atoms with Crippen molar-refractivity contribution in [2.45, 2.75) is 40.2 Å². The molecule has 6 nitrogen and oxygen atoms in total. The highest BCUT2D eigenvalue weighted by Crippen LogP contribution is 2.29. The van der Waals surface area contributed by atoms with Crippen LogP contribution in [0.4, 0.5) is 23.0 Å². The fourth-order valence-electron chi connectivity index (χ4n) is 3.07. The van der Waals surface area contributed by atoms with Crippen molar-refractivity contribution in [1.82, 2.24) is 9.97 Å². The highest BCUT2D eigenvalue weighted by molar-refractivity contribution is 6.33. The maximum atomic E-state index is 8.02. The summed E-state index contributed by atoms with van der Waals surface area (Å²) in [6.45, 7) is 9.40. The molecule has 168 valence electrons. The fourth-order valence-corrected chi connectivity index (χ4v) is 3.25. The average molecular weight is 452 g/mol. The third-order valence-corrected chi connectivity index (χ3v) is 5.12. The van der Waals surface area contributed by atoms with Gasteiger partial charge >= 0.3 is 0 Å². The second-order valence-electron chi connectivity index (χ2n) is 8.31. The predicted molar refractivity (Wildman–Crippen MR) is 133 cm³/mol. The van der Waals surface area contributed by atoms with Gasteiger partial charge < -0.3 is 20.8 Å². The highest BCUT2D eigenvalue weighted by Gasteiger charge is 2.15. The van der Waals surface area contributed by atoms with E-state index in [1.54, 1.807) is 6.07 Å². The minimum Gasteiger partial charge on any atom is -0.373 e. The summed E-state index contributed by atoms with van der Waals surface area (Å²) in [4.78, 5) is 9.27. The molecule has 0 aliphatic carbocycles. The van der Waals surface area contributed by atoms with Gasteiger partial charge in [-0.15, -0.1) is 0 Å². The van der Waals surface area contributed by atoms with Crippen LogP contribution >= 0.6 is 11.6 Å². The van der Waals surface area contributed by atoms with Gasteiger partial charge in [-0.3, -0.25) is 0 Å². The van der Waals surface area contributed by atoms with E-state index >= 15 is 0 Å². The molecule has 3 aromatic rings. The van der Waals surface area contributed by atoms with E-state index in [0.717, 1.165) is 5.69 Å². The van der Waals surface area contributed by atoms with Gasteiger partial charge in [0.25, 0.3) is 0 Å². The molecule has 0 atom stereocenters. The van der Waals surface area contributed by atoms with Crippen LogP contribution in [0.25, 0.3) is 0 Å². The van der Waals surface area contributed by atoms with Crippen LogP contribution in [0.2, 0.25) is 5.02 Å². The van der Waals surface area contributed by atoms with Gasteiger partial charge in [0, 0.05) is 18.5 Å². The molecule has 0 bridgehead atoms. The highest BCUT2D eigenvalue weighted by atomic mass is 35.5. The molecular formula is C25H30ClN5O. The second kappa shape index (κ2) is 11.1. The van der Waals surface area contributed by atoms with Gasteiger partial charge in [-0.25, -0.2) is 9.97 Å². The molecule has 7 heteroatoms. The predicted octanol–water partition coefficient (Wildman–Crippen LogP) is 6.91. The number of aromatic nitrogens is 2. The monoisotopic (exact) mass is 451 g/mol. The van der Waals surface area contributed by atoms with Gasteiger partial charge in [0.15, 0.2) is 5.82 Å². The number of nitrogens with zero attached hydrogens (tertiary/aromatic N) is 2. The molecule has 2 aromatic carbocycles. The minimum absolute atomic E-state index is 0.272. The van der Waals surface area contributed by atoms with Crippen molar-refractivity contribution in [3.8, 4) is 0 Å². The molecule has 0 unspecified atom stereocenters. The third-order valence-electron chi connectivity index (χ3n) is 4.79. The van der Waals surface area contributed by atoms with E-state index in [9.17, 15) is 0 Å². The summed E-state index contributed by atoms with van der Waals surface area (Å²) in [7, 11) is 0. The van der Waals surface area contributed by atoms with E-state index in [-0.39, 0.29) is 6.61 Å². The van der Waals surface area contributed by atoms with E-state index in [1.165, 1.54) is 11.8 Å². The molecule has 3 rings (SSSR count). The van der Waals surface area contributed by atoms with Crippen LogP contribution in [0, 0.1) is 11.3 Å². The van der Waals surface area contributed by atoms with Gasteiger partial charge in [-0.05, 0) is 41.7 Å². The maximum Gasteiger partial charge on any atom is 0.158 e. The van der Waals surface area contributed by atoms with Gasteiger partial charge in [-0.1, -0.05) is 63.6 Å². The van der Waals surface area contributed by atoms with Crippen molar-refractivity contribution in [3.05, 3.63) is 70.5 Å². The molecule has 0 spiro atoms. The van der Waals surface area contributed by atoms with Gasteiger partial charge in [-0.2, -0.15) is 0 Å². The van der Waals surface area contributed by atoms with Crippen molar-refractivity contribution < 1.29 is 4.74 Å². The molecule has 1 aromatic heterocycles. The summed E-state index contributed by atoms with van der Waals surface area (Å²) in [5, 5.41) is 15.2. The smallest absolute Gasteiger partial charge is 0.158 e. The standard InChI is InChI=1S/C25H30ClN5O/c1-16(2)14-32-15-23-30-24(28-19-11-9-18(10-12-19)17(3)4)20(13-27)25(31-23)29-22-8-6-5-7-21(22)26/h5-13,16-17,27H,14-15H2,1-4H3,(H2,28,29,30,31). The zero-order valence-corrected chi connectivity index (χ0v) is 19.7. The SMILES string of the molecule is CC(C)COCc1nc(Nc2ccc(C(C)C)cc2)c(C=N)c(Nc2ccccc2Cl)n1. The Morgan fingerprint density at radius 2 is 1.62 bits per heavy atom. The number of rotatable bonds is 10. The van der Waals surface area contributed by atoms with Crippen LogP contribution in [0.5, 0.6) is 0 Å². The molecule has 0 aliphatic heterocycles. The van der Waals surface area contributed by atoms with Gasteiger partial charge in [0.1, 0.15) is 18.2 Å². The summed E-state index contributed by atoms with van der Waals surface area (Å²) < 4.78 is 5.77. The van der Waals surface area contributed by atoms with Crippen LogP contribution in [0.3, 0.4) is 0 Å². The number of hydrogen-bond donors (Lipinski definition) is 3. The fraction of sp³-hybridized carbons (Fsp3) is 0.320. The topological polar surface area (TPSA) is 82.9 Å². The summed E-state index contributed by atoms with van der Waals surface area (Å²) in [5.74, 6) is 2.41. The van der Waals surface area contributed by atoms with Crippen molar-refractivity contribution >= 4 is 40.8 Å². The lowest BCUT2D eigenvalue weighted by Gasteiger charge is -2.16. The molecule has 0 fully saturated rings. The minimum atomic E-state index is 0.272. The number of benzene rings is 2. The molecule has 0 aliphatic rings. The van der Waals surface area contributed by atoms with Crippen LogP contribution in [-0.4, -0.2) is 22.8 Å². The van der Waals surface area contributed by atoms with Crippen molar-refractivity contribution in [2.75, 3.05) is 17.2 Å². The first-order chi connectivity index (χ1) is 15.4. The number of nitrogens with one attached hydrogen (secondary N) is 3. The van der Waals surface area contributed by atoms with Crippen LogP contribution in [-0.2, 0) is 11.3 Å². The number of halogens is 1. The Hall–Kier alpha value is -2.96. The van der Waals surface area contributed by atoms with E-state index in [2.05, 4.69) is 60.4 Å². The number of hydrogen-bond acceptors (Lipinski definition) is 6. The van der Waals surface area contributed by atoms with E-state index in [4.69, 9.17) is 21.7 Å². The number of ether oxygens (including phenoxy) is 1. The van der Waals surface area contributed by atoms with E-state index in [1.807, 2.05) is 30.3 Å². The lowest BCUT2D eigenvalue weighted by molar-refractivity contribution is 0.0924. The Bertz CT molecular complexity index is 1050. The summed E-state index contributed by atoms with van der Waals surface area (Å²) in [6, 6.07) is 15.6. The Kier molecular flexibility index (Phi) is 8.20. The Morgan fingerprint density at radius 3 is 2.22 bits per heavy atom. The van der Waals surface area contributed by atoms with Crippen molar-refractivity contribution in [3.63, 3.8) is 0 Å². The molecule has 32 heavy (non-hydrogen) atoms. The molecule has 0 radical (unpaired) electrons. The second-order valence-corrected chi connectivity index (χ2v) is 8.72. The zero-order valence-electron chi connectivity index (χ0n) is 18.9. The Labute approximate surface area is 194 Å². The summed E-state index contributed by atoms with van der Waals surface area (Å²) >= 11 is 6.33. The largest absolute Gasteiger partial charge is 0.373 e. The molecular weight excluding hydrogens is 422 g/mol. The van der Waals surface area contributed by atoms with Gasteiger partial charge in [0.2, 0.25) is 0 Å². The van der Waals surface area contributed by atoms with Crippen LogP contribution < -0.4 is 10.6 Å². The molecule has 0 saturated heterocycles. The number of para-hydroxylation sites is 1. The lowest BCUT2D eigenvalue weighted by Crippen LogP contribution is -2.11. The maximum absolute atomic E-state index is 8.02. The molecule has 0 saturated carbocycles. The quantitative estimate of drug-likeness (QED) is 0.291. The lowest BCUT2D eigenvalue weighted by atomic mass is 10.0. The first kappa shape index (κ1) is 23.7. The number of anilines is 4. The first-order valence-corrected chi connectivity index (χ1v) is 11.1. The summed E-state index contributed by atoms with van der Waals surface area (Å²) in [6.07, 6.45) is 1.24. The Morgan fingerprint density at radius 1 is 0.969 bits per heavy atom. The van der Waals surface area contributed by atoms with E-state index in [0.29, 0.717) is 52.2 Å². The van der Waals surface area contributed by atoms with Crippen LogP contribution in [0.1, 0.15) is 50.6 Å². The first-order valence-electron chi connectivity index (χ1n) is 10.7. The van der Waals surface area contributed by atoms with Crippen molar-refractivity contribution in [1.29, 1.82) is 5.41 Å². The van der Waals surface area contributed by atoms with Gasteiger partial charge in [0.05, 0.1) is 16.3 Å². The molecule has 3 N–H and O–H groups in total. The Balaban J connectivity index is 1.97. The van der Waals surface area contributed by atoms with Crippen LogP contribution in [0.15, 0.2) is 48.5 Å². The average Bonchev–Trinajstić information content (AvgIpc) is 2.75. The molecule has 0 amide bonds. The van der Waals surface area contributed by atoms with Crippen molar-refractivity contribution in [2.24, 2.45) is 5.92 Å². The summed E-state index contributed by atoms with van der Waals surface area (Å²) in [5.41, 5.74) is 3.38. The third kappa shape index (κ3) is 6.28. The molecule has 1 heterocycles.